The van der Waals surface area contributed by atoms with Gasteiger partial charge in [0.1, 0.15) is 29.4 Å². The van der Waals surface area contributed by atoms with Crippen molar-refractivity contribution in [2.75, 3.05) is 7.11 Å². The molecule has 0 N–H and O–H groups in total. The predicted molar refractivity (Wildman–Crippen MR) is 175 cm³/mol. The molecule has 2 aliphatic heterocycles. The minimum Gasteiger partial charge on any atom is -0.497 e. The van der Waals surface area contributed by atoms with E-state index in [9.17, 15) is 32.5 Å². The van der Waals surface area contributed by atoms with Crippen molar-refractivity contribution in [2.24, 2.45) is 5.29 Å². The normalized spacial score (nSPS) is 21.0. The molecule has 252 valence electrons. The quantitative estimate of drug-likeness (QED) is 0.0888. The molecule has 4 unspecified atom stereocenters. The first-order chi connectivity index (χ1) is 22.7. The summed E-state index contributed by atoms with van der Waals surface area (Å²) in [5.41, 5.74) is 0.302. The van der Waals surface area contributed by atoms with Crippen LogP contribution in [0.5, 0.6) is 5.75 Å². The topological polar surface area (TPSA) is 160 Å². The van der Waals surface area contributed by atoms with Crippen LogP contribution in [0, 0.1) is 11.8 Å². The molecule has 5 rings (SSSR count). The van der Waals surface area contributed by atoms with Gasteiger partial charge in [-0.25, -0.2) is 18.2 Å². The summed E-state index contributed by atoms with van der Waals surface area (Å²) in [6, 6.07) is 16.5. The van der Waals surface area contributed by atoms with Crippen LogP contribution in [0.4, 0.5) is 0 Å². The van der Waals surface area contributed by atoms with Gasteiger partial charge in [-0.2, -0.15) is 0 Å². The maximum atomic E-state index is 14.1. The number of likely N-dealkylation sites (tertiary alicyclic amines) is 1. The first kappa shape index (κ1) is 34.6. The first-order valence-electron chi connectivity index (χ1n) is 14.9. The number of aryl methyl sites for hydroxylation is 1. The molecule has 15 heteroatoms. The Kier molecular flexibility index (Phi) is 9.65. The number of hydrogen-bond donors (Lipinski definition) is 0. The Bertz CT molecular complexity index is 1830. The number of esters is 1. The lowest BCUT2D eigenvalue weighted by molar-refractivity contribution is -0.177. The number of rotatable bonds is 12. The fourth-order valence-corrected chi connectivity index (χ4v) is 9.42. The third-order valence-electron chi connectivity index (χ3n) is 8.36. The Hall–Kier alpha value is -4.76. The minimum absolute atomic E-state index is 0.0806. The molecule has 0 bridgehead atoms. The van der Waals surface area contributed by atoms with Gasteiger partial charge in [-0.3, -0.25) is 14.4 Å². The predicted octanol–water partition coefficient (Wildman–Crippen LogP) is 3.97. The second-order valence-corrected chi connectivity index (χ2v) is 15.8. The molecule has 0 spiro atoms. The Labute approximate surface area is 281 Å². The van der Waals surface area contributed by atoms with Gasteiger partial charge >= 0.3 is 5.97 Å². The average Bonchev–Trinajstić information content (AvgIpc) is 3.26. The summed E-state index contributed by atoms with van der Waals surface area (Å²) in [4.78, 5) is 68.8. The second kappa shape index (κ2) is 13.4. The van der Waals surface area contributed by atoms with Gasteiger partial charge in [0.25, 0.3) is 11.8 Å². The number of carbonyl (C=O) groups excluding carboxylic acids is 4. The number of methoxy groups -OCH3 is 1. The van der Waals surface area contributed by atoms with Gasteiger partial charge < -0.3 is 19.3 Å². The van der Waals surface area contributed by atoms with Gasteiger partial charge in [-0.05, 0) is 63.1 Å². The molecular weight excluding hydrogens is 661 g/mol. The zero-order valence-electron chi connectivity index (χ0n) is 26.8. The molecular formula is C33H34N4O9S2. The maximum Gasteiger partial charge on any atom is 0.337 e. The van der Waals surface area contributed by atoms with Crippen LogP contribution in [0.15, 0.2) is 89.0 Å². The number of amides is 2. The van der Waals surface area contributed by atoms with Crippen LogP contribution in [-0.4, -0.2) is 77.0 Å². The Morgan fingerprint density at radius 1 is 0.958 bits per heavy atom. The summed E-state index contributed by atoms with van der Waals surface area (Å²) in [6.45, 7) is 5.65. The highest BCUT2D eigenvalue weighted by Gasteiger charge is 2.66. The maximum absolute atomic E-state index is 14.1. The van der Waals surface area contributed by atoms with E-state index >= 15 is 0 Å². The number of benzene rings is 3. The van der Waals surface area contributed by atoms with Crippen LogP contribution < -0.4 is 4.74 Å². The number of hydrogen-bond acceptors (Lipinski definition) is 11. The summed E-state index contributed by atoms with van der Waals surface area (Å²) in [5.74, 6) is -2.81. The Morgan fingerprint density at radius 2 is 1.58 bits per heavy atom. The summed E-state index contributed by atoms with van der Waals surface area (Å²) >= 11 is 0. The molecule has 0 radical (unpaired) electrons. The number of carbonyl (C=O) groups is 4. The van der Waals surface area contributed by atoms with E-state index in [1.54, 1.807) is 73.7 Å². The zero-order chi connectivity index (χ0) is 35.0. The third kappa shape index (κ3) is 6.27. The summed E-state index contributed by atoms with van der Waals surface area (Å²) in [7, 11) is -2.40. The van der Waals surface area contributed by atoms with Crippen molar-refractivity contribution in [3.63, 3.8) is 0 Å². The van der Waals surface area contributed by atoms with E-state index < -0.39 is 61.6 Å². The Morgan fingerprint density at radius 3 is 2.15 bits per heavy atom. The van der Waals surface area contributed by atoms with E-state index in [-0.39, 0.29) is 11.5 Å². The van der Waals surface area contributed by atoms with E-state index in [2.05, 4.69) is 5.29 Å². The van der Waals surface area contributed by atoms with Gasteiger partial charge in [0.2, 0.25) is 8.87 Å². The highest BCUT2D eigenvalue weighted by molar-refractivity contribution is 8.72. The van der Waals surface area contributed by atoms with Gasteiger partial charge in [-0.1, -0.05) is 60.2 Å². The van der Waals surface area contributed by atoms with Crippen molar-refractivity contribution in [3.05, 3.63) is 100 Å². The summed E-state index contributed by atoms with van der Waals surface area (Å²) in [6.07, 6.45) is 0. The molecule has 3 aromatic rings. The van der Waals surface area contributed by atoms with Crippen molar-refractivity contribution < 1.29 is 37.1 Å². The molecule has 3 aromatic carbocycles. The summed E-state index contributed by atoms with van der Waals surface area (Å²) in [5, 5.41) is 2.70. The number of Topliss-reactive ketones (excluding diaryl/α,β-unsaturated/α-hetero) is 1. The van der Waals surface area contributed by atoms with Crippen LogP contribution >= 0.6 is 10.8 Å². The van der Waals surface area contributed by atoms with Crippen molar-refractivity contribution in [2.45, 2.75) is 68.4 Å². The van der Waals surface area contributed by atoms with E-state index in [0.29, 0.717) is 27.7 Å². The van der Waals surface area contributed by atoms with Crippen molar-refractivity contribution in [3.8, 4) is 5.75 Å². The monoisotopic (exact) mass is 694 g/mol. The fraction of sp³-hybridized carbons (Fsp3) is 0.333. The molecule has 2 aliphatic rings. The largest absolute Gasteiger partial charge is 0.497 e. The highest BCUT2D eigenvalue weighted by Crippen LogP contribution is 2.48. The lowest BCUT2D eigenvalue weighted by atomic mass is 9.97. The number of β-lactam (4-membered cyclic amide) rings is 1. The van der Waals surface area contributed by atoms with E-state index in [4.69, 9.17) is 9.47 Å². The van der Waals surface area contributed by atoms with Gasteiger partial charge in [0.15, 0.2) is 17.9 Å². The smallest absolute Gasteiger partial charge is 0.337 e. The zero-order valence-corrected chi connectivity index (χ0v) is 28.4. The second-order valence-electron chi connectivity index (χ2n) is 11.9. The van der Waals surface area contributed by atoms with Crippen LogP contribution in [0.1, 0.15) is 43.5 Å². The lowest BCUT2D eigenvalue weighted by Gasteiger charge is -2.53. The van der Waals surface area contributed by atoms with Crippen molar-refractivity contribution in [1.29, 1.82) is 0 Å². The van der Waals surface area contributed by atoms with E-state index in [1.165, 1.54) is 33.1 Å². The average molecular weight is 695 g/mol. The molecule has 2 saturated heterocycles. The van der Waals surface area contributed by atoms with Gasteiger partial charge in [0.05, 0.1) is 17.3 Å². The first-order valence-corrected chi connectivity index (χ1v) is 17.7. The number of nitrogens with zero attached hydrogens (tertiary/aromatic N) is 4. The summed E-state index contributed by atoms with van der Waals surface area (Å²) < 4.78 is 38.1. The molecule has 48 heavy (non-hydrogen) atoms. The van der Waals surface area contributed by atoms with Crippen molar-refractivity contribution in [1.82, 2.24) is 14.8 Å². The molecule has 0 aromatic heterocycles. The van der Waals surface area contributed by atoms with E-state index in [1.807, 2.05) is 0 Å². The van der Waals surface area contributed by atoms with Gasteiger partial charge in [-0.15, -0.1) is 4.91 Å². The lowest BCUT2D eigenvalue weighted by Crippen LogP contribution is -2.76. The fourth-order valence-electron chi connectivity index (χ4n) is 5.88. The number of ketones is 1. The highest BCUT2D eigenvalue weighted by atomic mass is 33.1. The molecule has 13 nitrogen and oxygen atoms in total. The van der Waals surface area contributed by atoms with Crippen molar-refractivity contribution >= 4 is 43.2 Å². The molecule has 4 atom stereocenters. The molecule has 0 saturated carbocycles. The third-order valence-corrected chi connectivity index (χ3v) is 12.1. The van der Waals surface area contributed by atoms with E-state index in [0.717, 1.165) is 27.3 Å². The SMILES string of the molecule is COc1ccc(COC(=O)C(C(C)=O)N2C(=O)C(N3C(=O)C(c4ccccc4)N(N=O)C3(C)C)C2SS(=O)(=O)c2ccc(C)cc2)cc1. The standard InChI is InChI=1S/C33H34N4O9S2/c1-20-11-17-25(18-12-20)48(43,44)47-31-28(36-30(40)27(23-9-7-6-8-10-23)37(34-42)33(36,3)4)29(39)35(31)26(21(2)38)32(41)46-19-22-13-15-24(45-5)16-14-22/h6-18,26-28,31H,19H2,1-5H3. The molecule has 2 fully saturated rings. The number of ether oxygens (including phenoxy) is 2. The molecule has 2 heterocycles. The van der Waals surface area contributed by atoms with Crippen LogP contribution in [-0.2, 0) is 39.4 Å². The molecule has 0 aliphatic carbocycles. The molecule has 2 amide bonds. The van der Waals surface area contributed by atoms with Crippen LogP contribution in [0.3, 0.4) is 0 Å². The van der Waals surface area contributed by atoms with Gasteiger partial charge in [0, 0.05) is 10.8 Å². The Balaban J connectivity index is 1.52. The van der Waals surface area contributed by atoms with Crippen LogP contribution in [0.2, 0.25) is 0 Å². The number of nitroso groups, excluding NO2 is 1. The van der Waals surface area contributed by atoms with Crippen LogP contribution in [0.25, 0.3) is 0 Å². The minimum atomic E-state index is -4.23.